The fourth-order valence-electron chi connectivity index (χ4n) is 2.42. The highest BCUT2D eigenvalue weighted by molar-refractivity contribution is 8.14. The van der Waals surface area contributed by atoms with Crippen LogP contribution in [0.25, 0.3) is 0 Å². The Morgan fingerprint density at radius 1 is 1.33 bits per heavy atom. The van der Waals surface area contributed by atoms with Crippen LogP contribution in [0.15, 0.2) is 57.3 Å². The first kappa shape index (κ1) is 18.4. The third-order valence-corrected chi connectivity index (χ3v) is 4.57. The summed E-state index contributed by atoms with van der Waals surface area (Å²) >= 11 is 0.908. The summed E-state index contributed by atoms with van der Waals surface area (Å²) in [4.78, 5) is 36.7. The molecule has 1 saturated heterocycles. The third-order valence-electron chi connectivity index (χ3n) is 3.59. The average molecular weight is 385 g/mol. The van der Waals surface area contributed by atoms with Crippen LogP contribution in [-0.4, -0.2) is 34.4 Å². The van der Waals surface area contributed by atoms with E-state index in [1.807, 2.05) is 0 Å². The summed E-state index contributed by atoms with van der Waals surface area (Å²) in [6.07, 6.45) is 2.75. The Bertz CT molecular complexity index is 939. The highest BCUT2D eigenvalue weighted by atomic mass is 32.2. The van der Waals surface area contributed by atoms with Gasteiger partial charge >= 0.3 is 0 Å². The zero-order valence-electron chi connectivity index (χ0n) is 13.8. The first-order valence-corrected chi connectivity index (χ1v) is 8.58. The first-order chi connectivity index (χ1) is 13.0. The molecular weight excluding hydrogens is 372 g/mol. The number of thioether (sulfide) groups is 1. The molecule has 138 valence electrons. The van der Waals surface area contributed by atoms with E-state index in [1.165, 1.54) is 36.7 Å². The van der Waals surface area contributed by atoms with E-state index in [1.54, 1.807) is 12.1 Å². The van der Waals surface area contributed by atoms with Gasteiger partial charge in [-0.15, -0.1) is 5.10 Å². The molecule has 9 nitrogen and oxygen atoms in total. The Balaban J connectivity index is 1.70. The summed E-state index contributed by atoms with van der Waals surface area (Å²) in [5.74, 6) is -1.87. The van der Waals surface area contributed by atoms with Crippen LogP contribution in [0.2, 0.25) is 0 Å². The first-order valence-electron chi connectivity index (χ1n) is 7.70. The van der Waals surface area contributed by atoms with E-state index in [2.05, 4.69) is 10.2 Å². The summed E-state index contributed by atoms with van der Waals surface area (Å²) in [5.41, 5.74) is 5.79. The molecule has 1 atom stereocenters. The fraction of sp³-hybridized carbons (Fsp3) is 0.118. The lowest BCUT2D eigenvalue weighted by atomic mass is 10.2. The number of nitrogens with zero attached hydrogens (tertiary/aromatic N) is 3. The summed E-state index contributed by atoms with van der Waals surface area (Å²) < 4.78 is 5.05. The van der Waals surface area contributed by atoms with Gasteiger partial charge in [0.05, 0.1) is 24.1 Å². The van der Waals surface area contributed by atoms with Crippen molar-refractivity contribution < 1.29 is 23.9 Å². The Morgan fingerprint density at radius 2 is 2.15 bits per heavy atom. The Kier molecular flexibility index (Phi) is 5.36. The fourth-order valence-corrected chi connectivity index (χ4v) is 3.23. The number of nitrogens with two attached hydrogens (primary N) is 1. The van der Waals surface area contributed by atoms with Crippen LogP contribution in [0, 0.1) is 0 Å². The highest BCUT2D eigenvalue weighted by Crippen LogP contribution is 2.30. The van der Waals surface area contributed by atoms with Crippen molar-refractivity contribution in [2.75, 3.05) is 4.90 Å². The van der Waals surface area contributed by atoms with Crippen LogP contribution in [0.4, 0.5) is 5.69 Å². The molecule has 0 aliphatic carbocycles. The predicted molar refractivity (Wildman–Crippen MR) is 97.2 cm³/mol. The van der Waals surface area contributed by atoms with E-state index in [9.17, 15) is 19.5 Å². The van der Waals surface area contributed by atoms with Crippen LogP contribution in [0.3, 0.4) is 0 Å². The number of carbonyl (C=O) groups excluding carboxylic acids is 3. The maximum absolute atomic E-state index is 12.6. The van der Waals surface area contributed by atoms with Crippen molar-refractivity contribution in [3.63, 3.8) is 0 Å². The summed E-state index contributed by atoms with van der Waals surface area (Å²) in [5, 5.41) is 17.7. The molecule has 0 spiro atoms. The Hall–Kier alpha value is -3.40. The molecule has 1 aliphatic rings. The lowest BCUT2D eigenvalue weighted by Crippen LogP contribution is -2.32. The van der Waals surface area contributed by atoms with Crippen molar-refractivity contribution in [2.24, 2.45) is 15.9 Å². The standard InChI is InChI=1S/C17H14N4O5S/c18-17(20-19-9-12-5-2-6-26-12)27-13-8-14(22)21(15(13)23)11-4-1-3-10(7-11)16(24)25/h1-7,9,13H,8H2,(H2,18,20)(H,24,25)/p-1/b19-9-/t13-/m1/s1. The van der Waals surface area contributed by atoms with Gasteiger partial charge in [-0.25, -0.2) is 4.90 Å². The molecular formula is C17H13N4O5S-. The number of hydrogen-bond acceptors (Lipinski definition) is 8. The summed E-state index contributed by atoms with van der Waals surface area (Å²) in [7, 11) is 0. The van der Waals surface area contributed by atoms with Gasteiger partial charge in [0.2, 0.25) is 11.8 Å². The largest absolute Gasteiger partial charge is 0.545 e. The molecule has 1 aromatic carbocycles. The molecule has 1 fully saturated rings. The number of benzene rings is 1. The number of amidine groups is 1. The number of carbonyl (C=O) groups is 3. The second kappa shape index (κ2) is 7.87. The van der Waals surface area contributed by atoms with Crippen molar-refractivity contribution in [1.29, 1.82) is 0 Å². The van der Waals surface area contributed by atoms with Crippen LogP contribution >= 0.6 is 11.8 Å². The maximum Gasteiger partial charge on any atom is 0.247 e. The number of aromatic carboxylic acids is 1. The molecule has 1 aliphatic heterocycles. The summed E-state index contributed by atoms with van der Waals surface area (Å²) in [6.45, 7) is 0. The normalized spacial score (nSPS) is 17.9. The number of furan rings is 1. The topological polar surface area (TPSA) is 141 Å². The van der Waals surface area contributed by atoms with Gasteiger partial charge in [0.25, 0.3) is 0 Å². The van der Waals surface area contributed by atoms with E-state index >= 15 is 0 Å². The zero-order chi connectivity index (χ0) is 19.4. The lowest BCUT2D eigenvalue weighted by Gasteiger charge is -2.16. The van der Waals surface area contributed by atoms with Gasteiger partial charge < -0.3 is 20.1 Å². The second-order valence-electron chi connectivity index (χ2n) is 5.41. The highest BCUT2D eigenvalue weighted by Gasteiger charge is 2.40. The lowest BCUT2D eigenvalue weighted by molar-refractivity contribution is -0.255. The van der Waals surface area contributed by atoms with E-state index in [0.29, 0.717) is 5.76 Å². The Morgan fingerprint density at radius 3 is 2.85 bits per heavy atom. The quantitative estimate of drug-likeness (QED) is 0.339. The SMILES string of the molecule is NC(=N/N=C\c1ccco1)S[C@@H]1CC(=O)N(c2cccc(C(=O)[O-])c2)C1=O. The third kappa shape index (κ3) is 4.23. The average Bonchev–Trinajstić information content (AvgIpc) is 3.23. The molecule has 3 rings (SSSR count). The molecule has 0 bridgehead atoms. The number of carboxylic acid groups (broad SMARTS) is 1. The second-order valence-corrected chi connectivity index (χ2v) is 6.64. The van der Waals surface area contributed by atoms with Crippen molar-refractivity contribution >= 4 is 46.6 Å². The molecule has 2 aromatic rings. The number of rotatable bonds is 5. The van der Waals surface area contributed by atoms with Crippen LogP contribution in [-0.2, 0) is 9.59 Å². The molecule has 2 amide bonds. The maximum atomic E-state index is 12.6. The van der Waals surface area contributed by atoms with E-state index in [0.717, 1.165) is 16.7 Å². The van der Waals surface area contributed by atoms with Crippen molar-refractivity contribution in [1.82, 2.24) is 0 Å². The summed E-state index contributed by atoms with van der Waals surface area (Å²) in [6, 6.07) is 8.80. The monoisotopic (exact) mass is 385 g/mol. The van der Waals surface area contributed by atoms with E-state index in [-0.39, 0.29) is 22.8 Å². The van der Waals surface area contributed by atoms with E-state index in [4.69, 9.17) is 10.2 Å². The van der Waals surface area contributed by atoms with Crippen LogP contribution in [0.5, 0.6) is 0 Å². The molecule has 2 heterocycles. The minimum atomic E-state index is -1.40. The number of carboxylic acids is 1. The Labute approximate surface area is 157 Å². The predicted octanol–water partition coefficient (Wildman–Crippen LogP) is 0.357. The van der Waals surface area contributed by atoms with Crippen molar-refractivity contribution in [3.8, 4) is 0 Å². The number of amides is 2. The number of hydrogen-bond donors (Lipinski definition) is 1. The van der Waals surface area contributed by atoms with Gasteiger partial charge in [0, 0.05) is 6.42 Å². The molecule has 10 heteroatoms. The van der Waals surface area contributed by atoms with Gasteiger partial charge in [-0.1, -0.05) is 23.9 Å². The van der Waals surface area contributed by atoms with E-state index < -0.39 is 23.0 Å². The van der Waals surface area contributed by atoms with Crippen LogP contribution in [0.1, 0.15) is 22.5 Å². The van der Waals surface area contributed by atoms with Gasteiger partial charge in [-0.2, -0.15) is 5.10 Å². The molecule has 0 unspecified atom stereocenters. The molecule has 2 N–H and O–H groups in total. The minimum Gasteiger partial charge on any atom is -0.545 e. The van der Waals surface area contributed by atoms with Gasteiger partial charge in [-0.3, -0.25) is 9.59 Å². The molecule has 1 aromatic heterocycles. The van der Waals surface area contributed by atoms with Gasteiger partial charge in [0.15, 0.2) is 5.17 Å². The van der Waals surface area contributed by atoms with Crippen molar-refractivity contribution in [3.05, 3.63) is 54.0 Å². The zero-order valence-corrected chi connectivity index (χ0v) is 14.6. The van der Waals surface area contributed by atoms with Gasteiger partial charge in [0.1, 0.15) is 11.0 Å². The molecule has 27 heavy (non-hydrogen) atoms. The van der Waals surface area contributed by atoms with Crippen LogP contribution < -0.4 is 15.7 Å². The molecule has 0 saturated carbocycles. The number of imide groups is 1. The number of anilines is 1. The van der Waals surface area contributed by atoms with Gasteiger partial charge in [-0.05, 0) is 29.8 Å². The smallest absolute Gasteiger partial charge is 0.247 e. The molecule has 0 radical (unpaired) electrons. The minimum absolute atomic E-state index is 0.00860. The van der Waals surface area contributed by atoms with Crippen molar-refractivity contribution in [2.45, 2.75) is 11.7 Å².